The molecule has 0 aliphatic heterocycles. The normalized spacial score (nSPS) is 11.9. The van der Waals surface area contributed by atoms with E-state index < -0.39 is 10.4 Å². The molecule has 3 aromatic rings. The zero-order valence-electron chi connectivity index (χ0n) is 16.1. The quantitative estimate of drug-likeness (QED) is 0.348. The smallest absolute Gasteiger partial charge is 0.217 e. The first-order valence-electron chi connectivity index (χ1n) is 8.93. The van der Waals surface area contributed by atoms with Gasteiger partial charge in [-0.05, 0) is 36.2 Å². The maximum absolute atomic E-state index is 10.0. The number of aromatic hydroxyl groups is 1. The minimum Gasteiger partial charge on any atom is -0.726 e. The van der Waals surface area contributed by atoms with Gasteiger partial charge in [0.2, 0.25) is 10.4 Å². The highest BCUT2D eigenvalue weighted by Gasteiger charge is 2.15. The van der Waals surface area contributed by atoms with Crippen LogP contribution >= 0.6 is 0 Å². The van der Waals surface area contributed by atoms with Crippen molar-refractivity contribution < 1.29 is 22.3 Å². The number of hydrogen-bond acceptors (Lipinski definition) is 5. The molecule has 3 rings (SSSR count). The Morgan fingerprint density at radius 3 is 1.90 bits per heavy atom. The molecule has 1 atom stereocenters. The summed E-state index contributed by atoms with van der Waals surface area (Å²) in [4.78, 5) is 1.29. The van der Waals surface area contributed by atoms with Crippen molar-refractivity contribution in [2.75, 3.05) is 12.9 Å². The van der Waals surface area contributed by atoms with Crippen LogP contribution in [-0.2, 0) is 37.7 Å². The molecule has 1 unspecified atom stereocenters. The molecule has 0 saturated heterocycles. The molecule has 0 heterocycles. The fourth-order valence-corrected chi connectivity index (χ4v) is 4.24. The molecule has 29 heavy (non-hydrogen) atoms. The van der Waals surface area contributed by atoms with E-state index in [2.05, 4.69) is 34.7 Å². The van der Waals surface area contributed by atoms with Crippen molar-refractivity contribution in [2.24, 2.45) is 0 Å². The highest BCUT2D eigenvalue weighted by Crippen LogP contribution is 2.19. The summed E-state index contributed by atoms with van der Waals surface area (Å²) in [6, 6.07) is 27.2. The lowest BCUT2D eigenvalue weighted by Crippen LogP contribution is -2.07. The molecule has 0 aliphatic carbocycles. The second-order valence-corrected chi connectivity index (χ2v) is 9.31. The van der Waals surface area contributed by atoms with Crippen molar-refractivity contribution in [2.45, 2.75) is 17.1 Å². The van der Waals surface area contributed by atoms with E-state index in [0.29, 0.717) is 12.2 Å². The molecule has 0 bridgehead atoms. The van der Waals surface area contributed by atoms with Gasteiger partial charge in [0.25, 0.3) is 0 Å². The van der Waals surface area contributed by atoms with Gasteiger partial charge in [0, 0.05) is 16.5 Å². The number of phenols is 1. The minimum atomic E-state index is -4.54. The average molecular weight is 433 g/mol. The van der Waals surface area contributed by atoms with E-state index in [4.69, 9.17) is 0 Å². The van der Waals surface area contributed by atoms with Crippen molar-refractivity contribution in [1.82, 2.24) is 0 Å². The van der Waals surface area contributed by atoms with E-state index in [-0.39, 0.29) is 17.5 Å². The molecular formula is C22H24O5S2. The van der Waals surface area contributed by atoms with E-state index in [0.717, 1.165) is 11.3 Å². The second kappa shape index (κ2) is 11.6. The van der Waals surface area contributed by atoms with Gasteiger partial charge in [-0.1, -0.05) is 60.7 Å². The number of hydrogen-bond donors (Lipinski definition) is 1. The van der Waals surface area contributed by atoms with Crippen LogP contribution in [0.3, 0.4) is 0 Å². The maximum Gasteiger partial charge on any atom is 0.217 e. The van der Waals surface area contributed by atoms with Crippen LogP contribution in [0, 0.1) is 0 Å². The van der Waals surface area contributed by atoms with Crippen molar-refractivity contribution >= 4 is 21.3 Å². The molecule has 3 aromatic carbocycles. The summed E-state index contributed by atoms with van der Waals surface area (Å²) in [7, 11) is -4.35. The first-order chi connectivity index (χ1) is 13.8. The van der Waals surface area contributed by atoms with Crippen LogP contribution in [0.15, 0.2) is 89.8 Å². The van der Waals surface area contributed by atoms with Crippen LogP contribution in [-0.4, -0.2) is 30.9 Å². The van der Waals surface area contributed by atoms with Crippen LogP contribution in [0.2, 0.25) is 0 Å². The molecule has 5 nitrogen and oxygen atoms in total. The summed E-state index contributed by atoms with van der Waals surface area (Å²) < 4.78 is 34.2. The molecule has 7 heteroatoms. The molecule has 0 saturated carbocycles. The second-order valence-electron chi connectivity index (χ2n) is 6.23. The monoisotopic (exact) mass is 432 g/mol. The Hall–Kier alpha value is -2.32. The third-order valence-corrected chi connectivity index (χ3v) is 6.22. The Bertz CT molecular complexity index is 944. The van der Waals surface area contributed by atoms with Crippen molar-refractivity contribution in [3.63, 3.8) is 0 Å². The summed E-state index contributed by atoms with van der Waals surface area (Å²) in [5.74, 6) is 1.39. The van der Waals surface area contributed by atoms with Gasteiger partial charge < -0.3 is 9.66 Å². The van der Waals surface area contributed by atoms with E-state index in [1.54, 1.807) is 12.1 Å². The van der Waals surface area contributed by atoms with Crippen LogP contribution in [0.4, 0.5) is 0 Å². The van der Waals surface area contributed by atoms with Gasteiger partial charge in [-0.25, -0.2) is 8.42 Å². The molecule has 0 radical (unpaired) electrons. The highest BCUT2D eigenvalue weighted by molar-refractivity contribution is 7.95. The fourth-order valence-electron chi connectivity index (χ4n) is 2.49. The van der Waals surface area contributed by atoms with Crippen molar-refractivity contribution in [3.8, 4) is 5.75 Å². The number of phenolic OH excluding ortho intramolecular Hbond substituents is 1. The van der Waals surface area contributed by atoms with Crippen LogP contribution in [0.5, 0.6) is 5.75 Å². The van der Waals surface area contributed by atoms with Gasteiger partial charge in [0.1, 0.15) is 17.8 Å². The summed E-state index contributed by atoms with van der Waals surface area (Å²) in [6.07, 6.45) is 2.65. The number of rotatable bonds is 7. The third kappa shape index (κ3) is 9.62. The topological polar surface area (TPSA) is 86.7 Å². The zero-order chi connectivity index (χ0) is 21.1. The molecule has 1 N–H and O–H groups in total. The lowest BCUT2D eigenvalue weighted by Gasteiger charge is -2.06. The van der Waals surface area contributed by atoms with Crippen LogP contribution in [0.1, 0.15) is 11.1 Å². The van der Waals surface area contributed by atoms with E-state index in [9.17, 15) is 18.1 Å². The van der Waals surface area contributed by atoms with Gasteiger partial charge in [-0.15, -0.1) is 0 Å². The summed E-state index contributed by atoms with van der Waals surface area (Å²) in [5, 5.41) is 9.23. The lowest BCUT2D eigenvalue weighted by molar-refractivity contribution is 0.264. The summed E-state index contributed by atoms with van der Waals surface area (Å²) >= 11 is 0. The standard InChI is InChI=1S/C14H14OS.C8H10O4S/c1-16(11-12-5-3-2-4-6-12)14-9-7-13(15)8-10-14;9-13(10,11)12-7-6-8-4-2-1-3-5-8/h2-10H,11H2,1H3;1-5H,6-7H2,(H,9,10,11). The van der Waals surface area contributed by atoms with Gasteiger partial charge >= 0.3 is 0 Å². The molecule has 154 valence electrons. The van der Waals surface area contributed by atoms with Crippen LogP contribution in [0.25, 0.3) is 0 Å². The van der Waals surface area contributed by atoms with Gasteiger partial charge in [-0.2, -0.15) is 0 Å². The van der Waals surface area contributed by atoms with E-state index in [1.807, 2.05) is 48.5 Å². The first-order valence-corrected chi connectivity index (χ1v) is 12.1. The summed E-state index contributed by atoms with van der Waals surface area (Å²) in [5.41, 5.74) is 2.30. The number of benzene rings is 3. The summed E-state index contributed by atoms with van der Waals surface area (Å²) in [6.45, 7) is -0.101. The zero-order valence-corrected chi connectivity index (χ0v) is 17.7. The van der Waals surface area contributed by atoms with Crippen LogP contribution < -0.4 is 0 Å². The molecule has 0 spiro atoms. The largest absolute Gasteiger partial charge is 0.726 e. The maximum atomic E-state index is 10.0. The average Bonchev–Trinajstić information content (AvgIpc) is 2.70. The third-order valence-electron chi connectivity index (χ3n) is 3.93. The van der Waals surface area contributed by atoms with Gasteiger partial charge in [-0.3, -0.25) is 4.18 Å². The van der Waals surface area contributed by atoms with Crippen molar-refractivity contribution in [1.29, 1.82) is 0 Å². The Morgan fingerprint density at radius 2 is 1.38 bits per heavy atom. The van der Waals surface area contributed by atoms with E-state index in [1.165, 1.54) is 10.5 Å². The van der Waals surface area contributed by atoms with Crippen molar-refractivity contribution in [3.05, 3.63) is 96.1 Å². The fraction of sp³-hybridized carbons (Fsp3) is 0.182. The SMILES string of the molecule is C[S+](Cc1ccccc1)c1ccc(O)cc1.O=S(=O)([O-])OCCc1ccccc1. The Labute approximate surface area is 175 Å². The predicted octanol–water partition coefficient (Wildman–Crippen LogP) is 3.91. The Kier molecular flexibility index (Phi) is 9.21. The molecule has 0 aromatic heterocycles. The van der Waals surface area contributed by atoms with Gasteiger partial charge in [0.15, 0.2) is 4.90 Å². The van der Waals surface area contributed by atoms with Gasteiger partial charge in [0.05, 0.1) is 6.61 Å². The first kappa shape index (κ1) is 23.0. The van der Waals surface area contributed by atoms with E-state index >= 15 is 0 Å². The Morgan fingerprint density at radius 1 is 0.862 bits per heavy atom. The minimum absolute atomic E-state index is 0.101. The lowest BCUT2D eigenvalue weighted by atomic mass is 10.2. The Balaban J connectivity index is 0.000000212. The highest BCUT2D eigenvalue weighted by atomic mass is 32.3. The molecular weight excluding hydrogens is 408 g/mol. The predicted molar refractivity (Wildman–Crippen MR) is 116 cm³/mol. The molecule has 0 amide bonds. The molecule has 0 aliphatic rings. The molecule has 0 fully saturated rings.